The summed E-state index contributed by atoms with van der Waals surface area (Å²) >= 11 is 0. The summed E-state index contributed by atoms with van der Waals surface area (Å²) in [5, 5.41) is 4.83. The van der Waals surface area contributed by atoms with Crippen LogP contribution in [0.5, 0.6) is 0 Å². The van der Waals surface area contributed by atoms with Crippen LogP contribution in [0.25, 0.3) is 16.9 Å². The minimum absolute atomic E-state index is 0. The van der Waals surface area contributed by atoms with Crippen LogP contribution < -0.4 is 4.90 Å². The first kappa shape index (κ1) is 20.1. The lowest BCUT2D eigenvalue weighted by Crippen LogP contribution is -2.51. The number of amides is 1. The zero-order valence-corrected chi connectivity index (χ0v) is 17.3. The van der Waals surface area contributed by atoms with E-state index in [2.05, 4.69) is 22.0 Å². The average Bonchev–Trinajstić information content (AvgIpc) is 3.11. The van der Waals surface area contributed by atoms with Crippen molar-refractivity contribution in [1.29, 1.82) is 0 Å². The highest BCUT2D eigenvalue weighted by atomic mass is 35.5. The van der Waals surface area contributed by atoms with E-state index in [0.29, 0.717) is 0 Å². The summed E-state index contributed by atoms with van der Waals surface area (Å²) in [6, 6.07) is 14.2. The number of rotatable bonds is 2. The van der Waals surface area contributed by atoms with Crippen molar-refractivity contribution in [1.82, 2.24) is 19.5 Å². The Kier molecular flexibility index (Phi) is 5.61. The fourth-order valence-electron chi connectivity index (χ4n) is 3.45. The van der Waals surface area contributed by atoms with Gasteiger partial charge in [0.05, 0.1) is 11.9 Å². The van der Waals surface area contributed by atoms with Crippen molar-refractivity contribution in [2.45, 2.75) is 20.8 Å². The normalized spacial score (nSPS) is 14.8. The first-order valence-electron chi connectivity index (χ1n) is 9.38. The van der Waals surface area contributed by atoms with Crippen molar-refractivity contribution < 1.29 is 4.79 Å². The second-order valence-corrected chi connectivity index (χ2v) is 8.00. The summed E-state index contributed by atoms with van der Waals surface area (Å²) in [5.41, 5.74) is 2.57. The van der Waals surface area contributed by atoms with Crippen LogP contribution in [0.1, 0.15) is 20.8 Å². The average molecular weight is 400 g/mol. The van der Waals surface area contributed by atoms with E-state index in [1.165, 1.54) is 0 Å². The van der Waals surface area contributed by atoms with Crippen LogP contribution in [0, 0.1) is 5.41 Å². The Balaban J connectivity index is 0.00000225. The maximum atomic E-state index is 12.5. The second kappa shape index (κ2) is 7.80. The molecule has 4 rings (SSSR count). The molecular formula is C21H26ClN5O. The van der Waals surface area contributed by atoms with Crippen LogP contribution in [0.2, 0.25) is 0 Å². The lowest BCUT2D eigenvalue weighted by atomic mass is 9.94. The Labute approximate surface area is 171 Å². The Bertz CT molecular complexity index is 956. The van der Waals surface area contributed by atoms with Crippen molar-refractivity contribution in [3.63, 3.8) is 0 Å². The zero-order valence-electron chi connectivity index (χ0n) is 16.5. The number of hydrogen-bond donors (Lipinski definition) is 0. The summed E-state index contributed by atoms with van der Waals surface area (Å²) in [5.74, 6) is 1.13. The molecule has 0 atom stereocenters. The number of aromatic nitrogens is 3. The van der Waals surface area contributed by atoms with Gasteiger partial charge in [0.25, 0.3) is 0 Å². The molecule has 1 aromatic carbocycles. The van der Waals surface area contributed by atoms with Crippen LogP contribution in [-0.4, -0.2) is 51.6 Å². The molecule has 0 unspecified atom stereocenters. The van der Waals surface area contributed by atoms with E-state index in [4.69, 9.17) is 5.10 Å². The molecule has 7 heteroatoms. The third-order valence-electron chi connectivity index (χ3n) is 4.95. The summed E-state index contributed by atoms with van der Waals surface area (Å²) in [4.78, 5) is 21.2. The fourth-order valence-corrected chi connectivity index (χ4v) is 3.45. The van der Waals surface area contributed by atoms with Gasteiger partial charge >= 0.3 is 0 Å². The highest BCUT2D eigenvalue weighted by molar-refractivity contribution is 5.85. The Morgan fingerprint density at radius 2 is 1.64 bits per heavy atom. The fraction of sp³-hybridized carbons (Fsp3) is 0.381. The number of carbonyl (C=O) groups excluding carboxylic acids is 1. The predicted octanol–water partition coefficient (Wildman–Crippen LogP) is 3.51. The minimum atomic E-state index is -0.333. The zero-order chi connectivity index (χ0) is 19.0. The molecule has 0 spiro atoms. The largest absolute Gasteiger partial charge is 0.352 e. The molecule has 0 aliphatic carbocycles. The number of halogens is 1. The summed E-state index contributed by atoms with van der Waals surface area (Å²) in [7, 11) is 0. The second-order valence-electron chi connectivity index (χ2n) is 8.00. The third kappa shape index (κ3) is 3.83. The summed E-state index contributed by atoms with van der Waals surface area (Å²) in [6.45, 7) is 8.95. The molecule has 1 aliphatic rings. The van der Waals surface area contributed by atoms with Crippen LogP contribution >= 0.6 is 12.4 Å². The van der Waals surface area contributed by atoms with Gasteiger partial charge in [0.15, 0.2) is 5.65 Å². The van der Waals surface area contributed by atoms with Gasteiger partial charge in [-0.2, -0.15) is 0 Å². The van der Waals surface area contributed by atoms with E-state index < -0.39 is 0 Å². The van der Waals surface area contributed by atoms with Gasteiger partial charge in [-0.15, -0.1) is 17.5 Å². The van der Waals surface area contributed by atoms with Crippen molar-refractivity contribution in [3.05, 3.63) is 48.7 Å². The highest BCUT2D eigenvalue weighted by Crippen LogP contribution is 2.23. The number of piperazine rings is 1. The van der Waals surface area contributed by atoms with Crippen LogP contribution in [0.4, 0.5) is 5.82 Å². The van der Waals surface area contributed by atoms with E-state index >= 15 is 0 Å². The van der Waals surface area contributed by atoms with Gasteiger partial charge in [-0.05, 0) is 12.1 Å². The summed E-state index contributed by atoms with van der Waals surface area (Å²) < 4.78 is 1.90. The van der Waals surface area contributed by atoms with Crippen molar-refractivity contribution in [3.8, 4) is 11.3 Å². The molecule has 3 aromatic rings. The molecule has 6 nitrogen and oxygen atoms in total. The van der Waals surface area contributed by atoms with Gasteiger partial charge in [0.1, 0.15) is 5.82 Å². The molecule has 0 bridgehead atoms. The van der Waals surface area contributed by atoms with Crippen LogP contribution in [0.15, 0.2) is 48.7 Å². The number of nitrogens with zero attached hydrogens (tertiary/aromatic N) is 5. The van der Waals surface area contributed by atoms with Crippen molar-refractivity contribution in [2.24, 2.45) is 5.41 Å². The standard InChI is InChI=1S/C21H25N5O.ClH/c1-21(2,3)20(27)25-13-11-24(12-14-25)19-10-9-18-22-15-17(26(18)23-19)16-7-5-4-6-8-16;/h4-10,15H,11-14H2,1-3H3;1H. The smallest absolute Gasteiger partial charge is 0.228 e. The van der Waals surface area contributed by atoms with E-state index in [1.54, 1.807) is 0 Å². The third-order valence-corrected chi connectivity index (χ3v) is 4.95. The lowest BCUT2D eigenvalue weighted by molar-refractivity contribution is -0.139. The van der Waals surface area contributed by atoms with Gasteiger partial charge in [-0.25, -0.2) is 9.50 Å². The molecule has 0 saturated carbocycles. The molecule has 148 valence electrons. The van der Waals surface area contributed by atoms with E-state index in [-0.39, 0.29) is 23.7 Å². The van der Waals surface area contributed by atoms with E-state index in [0.717, 1.165) is 48.9 Å². The molecule has 1 fully saturated rings. The van der Waals surface area contributed by atoms with Gasteiger partial charge in [-0.3, -0.25) is 4.79 Å². The molecular weight excluding hydrogens is 374 g/mol. The van der Waals surface area contributed by atoms with Gasteiger partial charge in [-0.1, -0.05) is 51.1 Å². The first-order chi connectivity index (χ1) is 12.9. The number of fused-ring (bicyclic) bond motifs is 1. The minimum Gasteiger partial charge on any atom is -0.352 e. The lowest BCUT2D eigenvalue weighted by Gasteiger charge is -2.38. The molecule has 1 aliphatic heterocycles. The van der Waals surface area contributed by atoms with Crippen molar-refractivity contribution in [2.75, 3.05) is 31.1 Å². The molecule has 0 radical (unpaired) electrons. The number of benzene rings is 1. The van der Waals surface area contributed by atoms with E-state index in [1.807, 2.05) is 66.7 Å². The molecule has 28 heavy (non-hydrogen) atoms. The predicted molar refractivity (Wildman–Crippen MR) is 114 cm³/mol. The first-order valence-corrected chi connectivity index (χ1v) is 9.38. The topological polar surface area (TPSA) is 53.7 Å². The van der Waals surface area contributed by atoms with Crippen LogP contribution in [-0.2, 0) is 4.79 Å². The molecule has 2 aromatic heterocycles. The van der Waals surface area contributed by atoms with Crippen LogP contribution in [0.3, 0.4) is 0 Å². The maximum absolute atomic E-state index is 12.5. The Morgan fingerprint density at radius 1 is 0.964 bits per heavy atom. The molecule has 0 N–H and O–H groups in total. The van der Waals surface area contributed by atoms with E-state index in [9.17, 15) is 4.79 Å². The Morgan fingerprint density at radius 3 is 2.29 bits per heavy atom. The van der Waals surface area contributed by atoms with Gasteiger partial charge < -0.3 is 9.80 Å². The molecule has 1 saturated heterocycles. The Hall–Kier alpha value is -2.60. The number of anilines is 1. The molecule has 1 amide bonds. The number of carbonyl (C=O) groups is 1. The molecule has 3 heterocycles. The van der Waals surface area contributed by atoms with Crippen molar-refractivity contribution >= 4 is 29.8 Å². The van der Waals surface area contributed by atoms with Gasteiger partial charge in [0, 0.05) is 37.2 Å². The number of hydrogen-bond acceptors (Lipinski definition) is 4. The summed E-state index contributed by atoms with van der Waals surface area (Å²) in [6.07, 6.45) is 1.86. The van der Waals surface area contributed by atoms with Gasteiger partial charge in [0.2, 0.25) is 5.91 Å². The SMILES string of the molecule is CC(C)(C)C(=O)N1CCN(c2ccc3ncc(-c4ccccc4)n3n2)CC1.Cl. The quantitative estimate of drug-likeness (QED) is 0.661. The maximum Gasteiger partial charge on any atom is 0.228 e. The highest BCUT2D eigenvalue weighted by Gasteiger charge is 2.30. The number of imidazole rings is 1. The monoisotopic (exact) mass is 399 g/mol.